The maximum Gasteiger partial charge on any atom is 0.433 e. The summed E-state index contributed by atoms with van der Waals surface area (Å²) >= 11 is 0. The molecule has 25 heavy (non-hydrogen) atoms. The number of aliphatic hydroxyl groups excluding tert-OH is 1. The lowest BCUT2D eigenvalue weighted by Gasteiger charge is -2.25. The van der Waals surface area contributed by atoms with Gasteiger partial charge in [-0.2, -0.15) is 5.01 Å². The fourth-order valence-electron chi connectivity index (χ4n) is 2.09. The zero-order chi connectivity index (χ0) is 18.8. The van der Waals surface area contributed by atoms with Gasteiger partial charge in [0.25, 0.3) is 0 Å². The summed E-state index contributed by atoms with van der Waals surface area (Å²) in [4.78, 5) is 24.0. The van der Waals surface area contributed by atoms with Gasteiger partial charge < -0.3 is 24.4 Å². The van der Waals surface area contributed by atoms with Gasteiger partial charge in [-0.3, -0.25) is 0 Å². The summed E-state index contributed by atoms with van der Waals surface area (Å²) in [6.07, 6.45) is -0.899. The highest BCUT2D eigenvalue weighted by atomic mass is 16.6. The second kappa shape index (κ2) is 10.2. The van der Waals surface area contributed by atoms with Crippen LogP contribution in [0.15, 0.2) is 12.1 Å². The predicted molar refractivity (Wildman–Crippen MR) is 89.7 cm³/mol. The molecular formula is C16H24N2O7. The maximum atomic E-state index is 12.2. The number of phenols is 1. The van der Waals surface area contributed by atoms with Gasteiger partial charge in [0, 0.05) is 12.7 Å². The molecule has 9 nitrogen and oxygen atoms in total. The van der Waals surface area contributed by atoms with Crippen molar-refractivity contribution in [2.24, 2.45) is 0 Å². The molecule has 0 atom stereocenters. The van der Waals surface area contributed by atoms with Crippen LogP contribution in [0, 0.1) is 0 Å². The number of methoxy groups -OCH3 is 1. The molecule has 0 aromatic heterocycles. The highest BCUT2D eigenvalue weighted by Gasteiger charge is 2.24. The molecule has 3 N–H and O–H groups in total. The molecule has 0 fully saturated rings. The van der Waals surface area contributed by atoms with Crippen molar-refractivity contribution in [3.63, 3.8) is 0 Å². The van der Waals surface area contributed by atoms with Crippen molar-refractivity contribution >= 4 is 17.9 Å². The van der Waals surface area contributed by atoms with E-state index in [1.54, 1.807) is 13.8 Å². The molecule has 0 bridgehead atoms. The van der Waals surface area contributed by atoms with Crippen molar-refractivity contribution in [3.05, 3.63) is 17.7 Å². The average molecular weight is 356 g/mol. The number of ether oxygens (including phenoxy) is 3. The SMILES string of the molecule is CCOC(=O)NN(C(=O)OCC)c1cc(O)c(OC)cc1CCCO. The third-order valence-electron chi connectivity index (χ3n) is 3.15. The number of anilines is 1. The maximum absolute atomic E-state index is 12.2. The van der Waals surface area contributed by atoms with E-state index in [4.69, 9.17) is 19.3 Å². The van der Waals surface area contributed by atoms with Crippen LogP contribution >= 0.6 is 0 Å². The van der Waals surface area contributed by atoms with Crippen molar-refractivity contribution in [1.82, 2.24) is 5.43 Å². The fraction of sp³-hybridized carbons (Fsp3) is 0.500. The van der Waals surface area contributed by atoms with Crippen LogP contribution in [0.25, 0.3) is 0 Å². The van der Waals surface area contributed by atoms with Gasteiger partial charge in [-0.25, -0.2) is 15.0 Å². The molecule has 1 aromatic carbocycles. The number of hydrogen-bond acceptors (Lipinski definition) is 7. The molecule has 1 aromatic rings. The number of aryl methyl sites for hydroxylation is 1. The highest BCUT2D eigenvalue weighted by molar-refractivity contribution is 5.92. The largest absolute Gasteiger partial charge is 0.504 e. The number of nitrogens with one attached hydrogen (secondary N) is 1. The first kappa shape index (κ1) is 20.4. The van der Waals surface area contributed by atoms with Crippen molar-refractivity contribution in [1.29, 1.82) is 0 Å². The monoisotopic (exact) mass is 356 g/mol. The molecule has 0 unspecified atom stereocenters. The van der Waals surface area contributed by atoms with Crippen LogP contribution in [0.2, 0.25) is 0 Å². The first-order valence-electron chi connectivity index (χ1n) is 7.89. The van der Waals surface area contributed by atoms with E-state index in [-0.39, 0.29) is 37.0 Å². The number of hydrogen-bond donors (Lipinski definition) is 3. The Kier molecular flexibility index (Phi) is 8.34. The predicted octanol–water partition coefficient (Wildman–Crippen LogP) is 1.95. The third kappa shape index (κ3) is 5.71. The van der Waals surface area contributed by atoms with E-state index in [1.807, 2.05) is 0 Å². The fourth-order valence-corrected chi connectivity index (χ4v) is 2.09. The Bertz CT molecular complexity index is 592. The van der Waals surface area contributed by atoms with E-state index in [0.29, 0.717) is 18.4 Å². The second-order valence-electron chi connectivity index (χ2n) is 4.85. The number of nitrogens with zero attached hydrogens (tertiary/aromatic N) is 1. The number of rotatable bonds is 7. The first-order chi connectivity index (χ1) is 12.0. The minimum atomic E-state index is -0.848. The van der Waals surface area contributed by atoms with Crippen LogP contribution < -0.4 is 15.2 Å². The lowest BCUT2D eigenvalue weighted by Crippen LogP contribution is -2.47. The van der Waals surface area contributed by atoms with Gasteiger partial charge >= 0.3 is 12.2 Å². The average Bonchev–Trinajstić information content (AvgIpc) is 2.58. The zero-order valence-electron chi connectivity index (χ0n) is 14.6. The van der Waals surface area contributed by atoms with Gasteiger partial charge in [0.2, 0.25) is 0 Å². The number of hydrazine groups is 1. The molecule has 0 radical (unpaired) electrons. The van der Waals surface area contributed by atoms with Gasteiger partial charge in [-0.05, 0) is 38.3 Å². The van der Waals surface area contributed by atoms with E-state index in [0.717, 1.165) is 5.01 Å². The Morgan fingerprint density at radius 1 is 1.20 bits per heavy atom. The van der Waals surface area contributed by atoms with E-state index in [2.05, 4.69) is 5.43 Å². The van der Waals surface area contributed by atoms with Crippen LogP contribution in [0.4, 0.5) is 15.3 Å². The molecule has 0 heterocycles. The number of aliphatic hydroxyl groups is 1. The van der Waals surface area contributed by atoms with E-state index >= 15 is 0 Å². The number of amides is 2. The normalized spacial score (nSPS) is 10.1. The molecule has 9 heteroatoms. The van der Waals surface area contributed by atoms with Crippen LogP contribution in [0.1, 0.15) is 25.8 Å². The topological polar surface area (TPSA) is 118 Å². The van der Waals surface area contributed by atoms with Crippen LogP contribution in [0.3, 0.4) is 0 Å². The summed E-state index contributed by atoms with van der Waals surface area (Å²) in [5.74, 6) is -0.0122. The third-order valence-corrected chi connectivity index (χ3v) is 3.15. The van der Waals surface area contributed by atoms with Crippen molar-refractivity contribution in [2.75, 3.05) is 31.9 Å². The quantitative estimate of drug-likeness (QED) is 0.639. The van der Waals surface area contributed by atoms with Gasteiger partial charge in [-0.15, -0.1) is 0 Å². The Morgan fingerprint density at radius 3 is 2.44 bits per heavy atom. The highest BCUT2D eigenvalue weighted by Crippen LogP contribution is 2.35. The Balaban J connectivity index is 3.31. The minimum absolute atomic E-state index is 0.0622. The van der Waals surface area contributed by atoms with Gasteiger partial charge in [0.1, 0.15) is 0 Å². The van der Waals surface area contributed by atoms with Crippen LogP contribution in [0.5, 0.6) is 11.5 Å². The molecular weight excluding hydrogens is 332 g/mol. The standard InChI is InChI=1S/C16H24N2O7/c1-4-24-15(21)17-18(16(22)25-5-2)12-10-13(20)14(23-3)9-11(12)7-6-8-19/h9-10,19-20H,4-8H2,1-3H3,(H,17,21). The second-order valence-corrected chi connectivity index (χ2v) is 4.85. The van der Waals surface area contributed by atoms with Crippen LogP contribution in [-0.4, -0.2) is 49.3 Å². The van der Waals surface area contributed by atoms with Gasteiger partial charge in [0.05, 0.1) is 26.0 Å². The molecule has 0 spiro atoms. The van der Waals surface area contributed by atoms with Crippen molar-refractivity contribution < 1.29 is 34.0 Å². The number of carbonyl (C=O) groups excluding carboxylic acids is 2. The smallest absolute Gasteiger partial charge is 0.433 e. The van der Waals surface area contributed by atoms with Crippen LogP contribution in [-0.2, 0) is 15.9 Å². The molecule has 2 amide bonds. The Morgan fingerprint density at radius 2 is 1.88 bits per heavy atom. The lowest BCUT2D eigenvalue weighted by molar-refractivity contribution is 0.138. The van der Waals surface area contributed by atoms with E-state index < -0.39 is 12.2 Å². The molecule has 0 aliphatic rings. The zero-order valence-corrected chi connectivity index (χ0v) is 14.6. The summed E-state index contributed by atoms with van der Waals surface area (Å²) in [7, 11) is 1.39. The van der Waals surface area contributed by atoms with Crippen molar-refractivity contribution in [3.8, 4) is 11.5 Å². The summed E-state index contributed by atoms with van der Waals surface area (Å²) in [5, 5.41) is 20.0. The van der Waals surface area contributed by atoms with E-state index in [1.165, 1.54) is 19.2 Å². The summed E-state index contributed by atoms with van der Waals surface area (Å²) < 4.78 is 14.8. The lowest BCUT2D eigenvalue weighted by atomic mass is 10.1. The van der Waals surface area contributed by atoms with E-state index in [9.17, 15) is 14.7 Å². The van der Waals surface area contributed by atoms with Gasteiger partial charge in [-0.1, -0.05) is 0 Å². The minimum Gasteiger partial charge on any atom is -0.504 e. The Hall–Kier alpha value is -2.68. The number of phenolic OH excluding ortho intramolecular Hbond substituents is 1. The molecule has 140 valence electrons. The summed E-state index contributed by atoms with van der Waals surface area (Å²) in [6, 6.07) is 2.80. The number of benzene rings is 1. The summed E-state index contributed by atoms with van der Waals surface area (Å²) in [6.45, 7) is 3.40. The summed E-state index contributed by atoms with van der Waals surface area (Å²) in [5.41, 5.74) is 3.04. The van der Waals surface area contributed by atoms with Crippen molar-refractivity contribution in [2.45, 2.75) is 26.7 Å². The van der Waals surface area contributed by atoms with Gasteiger partial charge in [0.15, 0.2) is 11.5 Å². The number of aromatic hydroxyl groups is 1. The number of carbonyl (C=O) groups is 2. The Labute approximate surface area is 146 Å². The molecule has 0 aliphatic heterocycles. The molecule has 0 aliphatic carbocycles. The molecule has 1 rings (SSSR count). The molecule has 0 saturated carbocycles. The first-order valence-corrected chi connectivity index (χ1v) is 7.89. The molecule has 0 saturated heterocycles.